The Morgan fingerprint density at radius 3 is 3.00 bits per heavy atom. The molecule has 3 nitrogen and oxygen atoms in total. The van der Waals surface area contributed by atoms with Crippen LogP contribution in [0.2, 0.25) is 0 Å². The normalized spacial score (nSPS) is 16.8. The van der Waals surface area contributed by atoms with Crippen molar-refractivity contribution in [3.05, 3.63) is 40.5 Å². The molecule has 3 rings (SSSR count). The largest absolute Gasteiger partial charge is 0.392 e. The first kappa shape index (κ1) is 14.0. The fourth-order valence-corrected chi connectivity index (χ4v) is 3.18. The third kappa shape index (κ3) is 3.19. The standard InChI is InChI=1S/C16H19BrN2O/c1-19(10-15(20)11-4-5-11)9-13-8-14(17)7-12-3-2-6-18-16(12)13/h2-3,6-8,11,15,20H,4-5,9-10H2,1H3. The second-order valence-corrected chi connectivity index (χ2v) is 6.66. The summed E-state index contributed by atoms with van der Waals surface area (Å²) < 4.78 is 1.07. The monoisotopic (exact) mass is 334 g/mol. The van der Waals surface area contributed by atoms with E-state index in [2.05, 4.69) is 51.1 Å². The first-order chi connectivity index (χ1) is 9.63. The van der Waals surface area contributed by atoms with Crippen LogP contribution < -0.4 is 0 Å². The smallest absolute Gasteiger partial charge is 0.0747 e. The average molecular weight is 335 g/mol. The maximum atomic E-state index is 10.0. The Balaban J connectivity index is 1.78. The molecule has 1 aromatic heterocycles. The summed E-state index contributed by atoms with van der Waals surface area (Å²) >= 11 is 3.56. The first-order valence-electron chi connectivity index (χ1n) is 7.03. The number of rotatable bonds is 5. The lowest BCUT2D eigenvalue weighted by atomic mass is 10.1. The fourth-order valence-electron chi connectivity index (χ4n) is 2.65. The molecule has 0 bridgehead atoms. The second-order valence-electron chi connectivity index (χ2n) is 5.74. The number of hydrogen-bond acceptors (Lipinski definition) is 3. The molecule has 1 atom stereocenters. The molecule has 0 radical (unpaired) electrons. The summed E-state index contributed by atoms with van der Waals surface area (Å²) in [7, 11) is 2.06. The van der Waals surface area contributed by atoms with Gasteiger partial charge in [-0.2, -0.15) is 0 Å². The molecule has 20 heavy (non-hydrogen) atoms. The summed E-state index contributed by atoms with van der Waals surface area (Å²) in [5.41, 5.74) is 2.24. The van der Waals surface area contributed by atoms with Crippen LogP contribution in [0, 0.1) is 5.92 Å². The van der Waals surface area contributed by atoms with Gasteiger partial charge in [-0.3, -0.25) is 9.88 Å². The summed E-state index contributed by atoms with van der Waals surface area (Å²) in [4.78, 5) is 6.67. The van der Waals surface area contributed by atoms with Crippen LogP contribution in [0.5, 0.6) is 0 Å². The maximum absolute atomic E-state index is 10.0. The molecule has 0 aliphatic heterocycles. The van der Waals surface area contributed by atoms with Gasteiger partial charge in [0.2, 0.25) is 0 Å². The fraction of sp³-hybridized carbons (Fsp3) is 0.438. The Labute approximate surface area is 127 Å². The second kappa shape index (κ2) is 5.80. The number of aliphatic hydroxyl groups excluding tert-OH is 1. The molecule has 1 aliphatic carbocycles. The third-order valence-electron chi connectivity index (χ3n) is 3.85. The molecule has 1 unspecified atom stereocenters. The molecule has 4 heteroatoms. The van der Waals surface area contributed by atoms with E-state index in [0.717, 1.165) is 28.5 Å². The zero-order valence-electron chi connectivity index (χ0n) is 11.6. The summed E-state index contributed by atoms with van der Waals surface area (Å²) in [6.07, 6.45) is 4.00. The minimum atomic E-state index is -0.189. The van der Waals surface area contributed by atoms with Gasteiger partial charge in [0.15, 0.2) is 0 Å². The maximum Gasteiger partial charge on any atom is 0.0747 e. The van der Waals surface area contributed by atoms with Gasteiger partial charge in [-0.05, 0) is 49.6 Å². The molecule has 1 fully saturated rings. The first-order valence-corrected chi connectivity index (χ1v) is 7.82. The molecular formula is C16H19BrN2O. The van der Waals surface area contributed by atoms with Gasteiger partial charge in [-0.25, -0.2) is 0 Å². The molecule has 0 spiro atoms. The summed E-state index contributed by atoms with van der Waals surface area (Å²) in [5.74, 6) is 0.523. The summed E-state index contributed by atoms with van der Waals surface area (Å²) in [6, 6.07) is 8.25. The molecule has 1 saturated carbocycles. The average Bonchev–Trinajstić information content (AvgIpc) is 3.22. The van der Waals surface area contributed by atoms with Crippen LogP contribution in [0.1, 0.15) is 18.4 Å². The van der Waals surface area contributed by atoms with Crippen LogP contribution in [0.3, 0.4) is 0 Å². The Morgan fingerprint density at radius 2 is 2.25 bits per heavy atom. The van der Waals surface area contributed by atoms with E-state index in [1.54, 1.807) is 0 Å². The lowest BCUT2D eigenvalue weighted by Gasteiger charge is -2.21. The van der Waals surface area contributed by atoms with Crippen molar-refractivity contribution in [2.24, 2.45) is 5.92 Å². The van der Waals surface area contributed by atoms with Gasteiger partial charge in [0.25, 0.3) is 0 Å². The van der Waals surface area contributed by atoms with Gasteiger partial charge in [0, 0.05) is 29.1 Å². The summed E-state index contributed by atoms with van der Waals surface area (Å²) in [6.45, 7) is 1.53. The van der Waals surface area contributed by atoms with E-state index in [0.29, 0.717) is 5.92 Å². The number of pyridine rings is 1. The van der Waals surface area contributed by atoms with Crippen molar-refractivity contribution in [3.8, 4) is 0 Å². The van der Waals surface area contributed by atoms with Crippen LogP contribution >= 0.6 is 15.9 Å². The molecule has 1 heterocycles. The van der Waals surface area contributed by atoms with E-state index in [-0.39, 0.29) is 6.10 Å². The van der Waals surface area contributed by atoms with Crippen LogP contribution in [0.25, 0.3) is 10.9 Å². The molecule has 2 aromatic rings. The lowest BCUT2D eigenvalue weighted by molar-refractivity contribution is 0.104. The Kier molecular flexibility index (Phi) is 4.06. The van der Waals surface area contributed by atoms with Gasteiger partial charge < -0.3 is 5.11 Å². The number of benzene rings is 1. The number of aliphatic hydroxyl groups is 1. The SMILES string of the molecule is CN(Cc1cc(Br)cc2cccnc12)CC(O)C1CC1. The van der Waals surface area contributed by atoms with Crippen LogP contribution in [0.4, 0.5) is 0 Å². The number of aromatic nitrogens is 1. The van der Waals surface area contributed by atoms with E-state index < -0.39 is 0 Å². The highest BCUT2D eigenvalue weighted by molar-refractivity contribution is 9.10. The van der Waals surface area contributed by atoms with E-state index >= 15 is 0 Å². The van der Waals surface area contributed by atoms with Gasteiger partial charge in [0.1, 0.15) is 0 Å². The highest BCUT2D eigenvalue weighted by atomic mass is 79.9. The topological polar surface area (TPSA) is 36.4 Å². The van der Waals surface area contributed by atoms with Gasteiger partial charge >= 0.3 is 0 Å². The zero-order chi connectivity index (χ0) is 14.1. The highest BCUT2D eigenvalue weighted by Crippen LogP contribution is 2.33. The molecule has 1 aliphatic rings. The highest BCUT2D eigenvalue weighted by Gasteiger charge is 2.30. The predicted molar refractivity (Wildman–Crippen MR) is 84.5 cm³/mol. The minimum absolute atomic E-state index is 0.189. The lowest BCUT2D eigenvalue weighted by Crippen LogP contribution is -2.30. The quantitative estimate of drug-likeness (QED) is 0.912. The van der Waals surface area contributed by atoms with E-state index in [4.69, 9.17) is 0 Å². The van der Waals surface area contributed by atoms with E-state index in [9.17, 15) is 5.11 Å². The van der Waals surface area contributed by atoms with Crippen LogP contribution in [-0.2, 0) is 6.54 Å². The zero-order valence-corrected chi connectivity index (χ0v) is 13.2. The van der Waals surface area contributed by atoms with Crippen molar-refractivity contribution in [2.45, 2.75) is 25.5 Å². The third-order valence-corrected chi connectivity index (χ3v) is 4.31. The number of fused-ring (bicyclic) bond motifs is 1. The van der Waals surface area contributed by atoms with Crippen molar-refractivity contribution in [3.63, 3.8) is 0 Å². The Morgan fingerprint density at radius 1 is 1.45 bits per heavy atom. The van der Waals surface area contributed by atoms with Crippen molar-refractivity contribution >= 4 is 26.8 Å². The molecule has 0 amide bonds. The molecule has 1 aromatic carbocycles. The Hall–Kier alpha value is -0.970. The van der Waals surface area contributed by atoms with E-state index in [1.165, 1.54) is 18.4 Å². The predicted octanol–water partition coefficient (Wildman–Crippen LogP) is 3.20. The van der Waals surface area contributed by atoms with Crippen molar-refractivity contribution in [1.82, 2.24) is 9.88 Å². The minimum Gasteiger partial charge on any atom is -0.392 e. The van der Waals surface area contributed by atoms with Crippen molar-refractivity contribution < 1.29 is 5.11 Å². The molecule has 1 N–H and O–H groups in total. The van der Waals surface area contributed by atoms with Crippen molar-refractivity contribution in [1.29, 1.82) is 0 Å². The molecule has 0 saturated heterocycles. The van der Waals surface area contributed by atoms with Crippen LogP contribution in [0.15, 0.2) is 34.9 Å². The number of halogens is 1. The number of nitrogens with zero attached hydrogens (tertiary/aromatic N) is 2. The van der Waals surface area contributed by atoms with Gasteiger partial charge in [-0.15, -0.1) is 0 Å². The van der Waals surface area contributed by atoms with Crippen molar-refractivity contribution in [2.75, 3.05) is 13.6 Å². The molecular weight excluding hydrogens is 316 g/mol. The number of hydrogen-bond donors (Lipinski definition) is 1. The van der Waals surface area contributed by atoms with E-state index in [1.807, 2.05) is 12.3 Å². The molecule has 106 valence electrons. The van der Waals surface area contributed by atoms with Gasteiger partial charge in [-0.1, -0.05) is 22.0 Å². The Bertz CT molecular complexity index is 612. The summed E-state index contributed by atoms with van der Waals surface area (Å²) in [5, 5.41) is 11.2. The van der Waals surface area contributed by atoms with Crippen LogP contribution in [-0.4, -0.2) is 34.7 Å². The van der Waals surface area contributed by atoms with Gasteiger partial charge in [0.05, 0.1) is 11.6 Å². The number of likely N-dealkylation sites (N-methyl/N-ethyl adjacent to an activating group) is 1.